The molecule has 0 aliphatic rings. The molecule has 3 heterocycles. The predicted octanol–water partition coefficient (Wildman–Crippen LogP) is 12.6. The summed E-state index contributed by atoms with van der Waals surface area (Å²) in [5.41, 5.74) is 2.75. The van der Waals surface area contributed by atoms with Crippen LogP contribution in [0.5, 0.6) is 0 Å². The van der Waals surface area contributed by atoms with Crippen molar-refractivity contribution in [3.05, 3.63) is 83.7 Å². The standard InChI is InChI=1S/C26H19N2S2.C15H28O2.Ir/c1-26(2,3)20-13-17(12-16-6-4-5-7-18(16)20)22-21-19-9-8-15-10-11-29-23(15)24(19)30-25(21)28-14-27-22;1-7-14(5,8-2)12(16)11-13(17)15(6,9-3)10-4;/h4-11,13-14H,1-3H3;11,16H,7-10H2,1-6H3;/q-1;;/b;12-11-;. The van der Waals surface area contributed by atoms with Crippen molar-refractivity contribution in [1.82, 2.24) is 9.97 Å². The number of aromatic nitrogens is 2. The summed E-state index contributed by atoms with van der Waals surface area (Å²) in [6.45, 7) is 18.9. The van der Waals surface area contributed by atoms with Crippen LogP contribution in [0, 0.1) is 16.9 Å². The summed E-state index contributed by atoms with van der Waals surface area (Å²) >= 11 is 3.56. The molecular formula is C41H47IrN2O2S2-. The smallest absolute Gasteiger partial charge is 0.164 e. The van der Waals surface area contributed by atoms with E-state index < -0.39 is 0 Å². The van der Waals surface area contributed by atoms with Crippen molar-refractivity contribution in [1.29, 1.82) is 0 Å². The molecule has 0 saturated heterocycles. The zero-order valence-electron chi connectivity index (χ0n) is 29.6. The molecule has 0 spiro atoms. The first-order chi connectivity index (χ1) is 22.3. The molecule has 1 radical (unpaired) electrons. The predicted molar refractivity (Wildman–Crippen MR) is 204 cm³/mol. The maximum absolute atomic E-state index is 12.2. The number of hydrogen-bond donors (Lipinski definition) is 1. The second-order valence-electron chi connectivity index (χ2n) is 14.1. The molecule has 3 aromatic heterocycles. The van der Waals surface area contributed by atoms with Crippen LogP contribution in [0.3, 0.4) is 0 Å². The number of allylic oxidation sites excluding steroid dienone is 2. The van der Waals surface area contributed by atoms with E-state index in [1.807, 2.05) is 41.5 Å². The van der Waals surface area contributed by atoms with Gasteiger partial charge in [0.25, 0.3) is 0 Å². The van der Waals surface area contributed by atoms with E-state index >= 15 is 0 Å². The van der Waals surface area contributed by atoms with Crippen LogP contribution in [0.1, 0.15) is 93.6 Å². The first-order valence-corrected chi connectivity index (χ1v) is 18.4. The fraction of sp³-hybridized carbons (Fsp3) is 0.390. The second-order valence-corrected chi connectivity index (χ2v) is 16.0. The molecule has 4 nitrogen and oxygen atoms in total. The fourth-order valence-corrected chi connectivity index (χ4v) is 8.16. The van der Waals surface area contributed by atoms with Crippen molar-refractivity contribution >= 4 is 69.6 Å². The first kappa shape index (κ1) is 37.9. The van der Waals surface area contributed by atoms with Gasteiger partial charge in [-0.25, -0.2) is 4.98 Å². The summed E-state index contributed by atoms with van der Waals surface area (Å²) in [5.74, 6) is 0.286. The quantitative estimate of drug-likeness (QED) is 0.0941. The molecule has 0 amide bonds. The van der Waals surface area contributed by atoms with E-state index in [9.17, 15) is 9.90 Å². The maximum Gasteiger partial charge on any atom is 0.164 e. The molecule has 0 fully saturated rings. The van der Waals surface area contributed by atoms with E-state index in [-0.39, 0.29) is 47.9 Å². The molecule has 3 aromatic carbocycles. The Labute approximate surface area is 307 Å². The Balaban J connectivity index is 0.000000251. The van der Waals surface area contributed by atoms with Gasteiger partial charge in [-0.15, -0.1) is 51.8 Å². The first-order valence-electron chi connectivity index (χ1n) is 16.7. The molecule has 0 atom stereocenters. The zero-order chi connectivity index (χ0) is 34.1. The van der Waals surface area contributed by atoms with Gasteiger partial charge in [0.2, 0.25) is 0 Å². The molecule has 1 N–H and O–H groups in total. The summed E-state index contributed by atoms with van der Waals surface area (Å²) in [4.78, 5) is 22.6. The SMILES string of the molecule is CC(C)(C)c1cc(-c2ncnc3sc4c(ccc5ccsc54)c23)[c-]c2ccccc12.CCC(C)(CC)C(=O)/C=C(\O)C(C)(CC)CC.[Ir]. The minimum atomic E-state index is -0.337. The Morgan fingerprint density at radius 1 is 0.854 bits per heavy atom. The number of ketones is 1. The fourth-order valence-electron chi connectivity index (χ4n) is 5.96. The van der Waals surface area contributed by atoms with Crippen LogP contribution in [-0.2, 0) is 30.3 Å². The van der Waals surface area contributed by atoms with E-state index in [4.69, 9.17) is 4.98 Å². The van der Waals surface area contributed by atoms with Crippen LogP contribution >= 0.6 is 22.7 Å². The Kier molecular flexibility index (Phi) is 11.7. The Morgan fingerprint density at radius 2 is 1.52 bits per heavy atom. The summed E-state index contributed by atoms with van der Waals surface area (Å²) in [6, 6.07) is 21.1. The number of hydrogen-bond acceptors (Lipinski definition) is 6. The van der Waals surface area contributed by atoms with Crippen LogP contribution in [0.15, 0.2) is 72.1 Å². The Bertz CT molecular complexity index is 2090. The number of thiophene rings is 2. The van der Waals surface area contributed by atoms with Crippen LogP contribution in [0.25, 0.3) is 52.4 Å². The topological polar surface area (TPSA) is 63.1 Å². The van der Waals surface area contributed by atoms with Crippen molar-refractivity contribution in [3.63, 3.8) is 0 Å². The van der Waals surface area contributed by atoms with Crippen molar-refractivity contribution < 1.29 is 30.0 Å². The van der Waals surface area contributed by atoms with Crippen molar-refractivity contribution in [3.8, 4) is 11.3 Å². The summed E-state index contributed by atoms with van der Waals surface area (Å²) in [6.07, 6.45) is 6.45. The molecule has 6 aromatic rings. The third-order valence-corrected chi connectivity index (χ3v) is 12.5. The van der Waals surface area contributed by atoms with E-state index in [0.29, 0.717) is 0 Å². The molecule has 48 heavy (non-hydrogen) atoms. The average molecular weight is 856 g/mol. The Hall–Kier alpha value is -2.96. The van der Waals surface area contributed by atoms with Crippen LogP contribution in [-0.4, -0.2) is 20.9 Å². The number of fused-ring (bicyclic) bond motifs is 6. The molecule has 7 heteroatoms. The number of aliphatic hydroxyl groups excluding tert-OH is 1. The van der Waals surface area contributed by atoms with Crippen LogP contribution < -0.4 is 0 Å². The number of carbonyl (C=O) groups is 1. The molecule has 0 bridgehead atoms. The van der Waals surface area contributed by atoms with E-state index in [2.05, 4.69) is 85.7 Å². The van der Waals surface area contributed by atoms with Crippen molar-refractivity contribution in [2.75, 3.05) is 0 Å². The largest absolute Gasteiger partial charge is 0.512 e. The van der Waals surface area contributed by atoms with E-state index in [1.54, 1.807) is 29.0 Å². The number of nitrogens with zero attached hydrogens (tertiary/aromatic N) is 2. The third kappa shape index (κ3) is 7.16. The van der Waals surface area contributed by atoms with Gasteiger partial charge in [-0.1, -0.05) is 104 Å². The molecular weight excluding hydrogens is 809 g/mol. The maximum atomic E-state index is 12.2. The van der Waals surface area contributed by atoms with Gasteiger partial charge < -0.3 is 5.11 Å². The average Bonchev–Trinajstić information content (AvgIpc) is 3.71. The molecule has 255 valence electrons. The summed E-state index contributed by atoms with van der Waals surface area (Å²) in [7, 11) is 0. The normalized spacial score (nSPS) is 12.7. The Morgan fingerprint density at radius 3 is 2.17 bits per heavy atom. The van der Waals surface area contributed by atoms with Gasteiger partial charge in [0.15, 0.2) is 5.78 Å². The molecule has 0 aliphatic carbocycles. The molecule has 0 saturated carbocycles. The van der Waals surface area contributed by atoms with Crippen LogP contribution in [0.4, 0.5) is 0 Å². The van der Waals surface area contributed by atoms with Crippen molar-refractivity contribution in [2.45, 2.75) is 93.4 Å². The molecule has 6 rings (SSSR count). The van der Waals surface area contributed by atoms with Gasteiger partial charge >= 0.3 is 0 Å². The van der Waals surface area contributed by atoms with Gasteiger partial charge in [0.1, 0.15) is 16.9 Å². The van der Waals surface area contributed by atoms with Crippen LogP contribution in [0.2, 0.25) is 0 Å². The van der Waals surface area contributed by atoms with E-state index in [1.165, 1.54) is 37.2 Å². The van der Waals surface area contributed by atoms with Gasteiger partial charge in [0.05, 0.1) is 9.40 Å². The van der Waals surface area contributed by atoms with Gasteiger partial charge in [0, 0.05) is 48.1 Å². The number of benzene rings is 3. The zero-order valence-corrected chi connectivity index (χ0v) is 33.6. The van der Waals surface area contributed by atoms with Gasteiger partial charge in [-0.3, -0.25) is 9.78 Å². The molecule has 0 unspecified atom stereocenters. The number of rotatable bonds is 8. The molecule has 0 aliphatic heterocycles. The number of carbonyl (C=O) groups excluding carboxylic acids is 1. The minimum Gasteiger partial charge on any atom is -0.512 e. The van der Waals surface area contributed by atoms with Crippen molar-refractivity contribution in [2.24, 2.45) is 10.8 Å². The summed E-state index contributed by atoms with van der Waals surface area (Å²) < 4.78 is 2.63. The van der Waals surface area contributed by atoms with E-state index in [0.717, 1.165) is 52.5 Å². The second kappa shape index (κ2) is 14.9. The van der Waals surface area contributed by atoms with Gasteiger partial charge in [-0.05, 0) is 53.3 Å². The van der Waals surface area contributed by atoms with Gasteiger partial charge in [-0.2, -0.15) is 0 Å². The summed E-state index contributed by atoms with van der Waals surface area (Å²) in [5, 5.41) is 18.4. The third-order valence-electron chi connectivity index (χ3n) is 10.3. The minimum absolute atomic E-state index is 0. The monoisotopic (exact) mass is 856 g/mol. The number of aliphatic hydroxyl groups is 1.